The topological polar surface area (TPSA) is 70.3 Å². The van der Waals surface area contributed by atoms with E-state index in [4.69, 9.17) is 0 Å². The van der Waals surface area contributed by atoms with Gasteiger partial charge in [-0.05, 0) is 19.1 Å². The third-order valence-corrected chi connectivity index (χ3v) is 2.64. The largest absolute Gasteiger partial charge is 0.506 e. The van der Waals surface area contributed by atoms with Crippen LogP contribution in [0.2, 0.25) is 0 Å². The predicted molar refractivity (Wildman–Crippen MR) is 64.1 cm³/mol. The molecule has 90 valence electrons. The van der Waals surface area contributed by atoms with Crippen molar-refractivity contribution in [2.24, 2.45) is 0 Å². The first kappa shape index (κ1) is 11.5. The number of aliphatic hydroxyl groups is 1. The number of aromatic nitrogens is 2. The molecule has 17 heavy (non-hydrogen) atoms. The summed E-state index contributed by atoms with van der Waals surface area (Å²) in [7, 11) is 0. The van der Waals surface area contributed by atoms with E-state index >= 15 is 0 Å². The van der Waals surface area contributed by atoms with Gasteiger partial charge in [0.2, 0.25) is 0 Å². The van der Waals surface area contributed by atoms with Crippen molar-refractivity contribution in [3.63, 3.8) is 0 Å². The molecule has 0 amide bonds. The minimum atomic E-state index is -0.135. The SMILES string of the molecule is Cc1ncc(CO)c(CNn2cccc2)c1O. The van der Waals surface area contributed by atoms with E-state index in [1.54, 1.807) is 17.8 Å². The fraction of sp³-hybridized carbons (Fsp3) is 0.250. The average Bonchev–Trinajstić information content (AvgIpc) is 2.84. The molecule has 2 aromatic heterocycles. The van der Waals surface area contributed by atoms with Crippen LogP contribution in [0.5, 0.6) is 5.75 Å². The zero-order chi connectivity index (χ0) is 12.3. The van der Waals surface area contributed by atoms with E-state index in [0.29, 0.717) is 23.4 Å². The van der Waals surface area contributed by atoms with Crippen LogP contribution in [0.25, 0.3) is 0 Å². The van der Waals surface area contributed by atoms with Gasteiger partial charge in [0.15, 0.2) is 0 Å². The second-order valence-electron chi connectivity index (χ2n) is 3.78. The Hall–Kier alpha value is -2.01. The summed E-state index contributed by atoms with van der Waals surface area (Å²) in [6, 6.07) is 3.80. The summed E-state index contributed by atoms with van der Waals surface area (Å²) in [5.74, 6) is 0.135. The van der Waals surface area contributed by atoms with Crippen LogP contribution in [0.15, 0.2) is 30.7 Å². The highest BCUT2D eigenvalue weighted by molar-refractivity contribution is 5.41. The maximum absolute atomic E-state index is 9.92. The molecular weight excluding hydrogens is 218 g/mol. The molecule has 0 aromatic carbocycles. The first-order valence-electron chi connectivity index (χ1n) is 5.36. The molecule has 2 heterocycles. The maximum atomic E-state index is 9.92. The van der Waals surface area contributed by atoms with Crippen molar-refractivity contribution in [1.82, 2.24) is 9.66 Å². The van der Waals surface area contributed by atoms with Crippen LogP contribution in [0.1, 0.15) is 16.8 Å². The van der Waals surface area contributed by atoms with Gasteiger partial charge in [-0.3, -0.25) is 9.66 Å². The van der Waals surface area contributed by atoms with Crippen molar-refractivity contribution < 1.29 is 10.2 Å². The highest BCUT2D eigenvalue weighted by Crippen LogP contribution is 2.23. The lowest BCUT2D eigenvalue weighted by atomic mass is 10.1. The molecule has 0 saturated carbocycles. The molecule has 0 aliphatic heterocycles. The maximum Gasteiger partial charge on any atom is 0.142 e. The summed E-state index contributed by atoms with van der Waals surface area (Å²) in [5.41, 5.74) is 4.97. The van der Waals surface area contributed by atoms with Crippen LogP contribution < -0.4 is 5.43 Å². The van der Waals surface area contributed by atoms with E-state index in [1.807, 2.05) is 24.5 Å². The Balaban J connectivity index is 2.21. The van der Waals surface area contributed by atoms with Gasteiger partial charge < -0.3 is 15.6 Å². The lowest BCUT2D eigenvalue weighted by Crippen LogP contribution is -2.14. The summed E-state index contributed by atoms with van der Waals surface area (Å²) in [5, 5.41) is 19.1. The monoisotopic (exact) mass is 233 g/mol. The molecule has 0 fully saturated rings. The van der Waals surface area contributed by atoms with Gasteiger partial charge in [-0.2, -0.15) is 0 Å². The van der Waals surface area contributed by atoms with E-state index in [1.165, 1.54) is 0 Å². The van der Waals surface area contributed by atoms with Crippen molar-refractivity contribution in [1.29, 1.82) is 0 Å². The molecule has 0 atom stereocenters. The molecule has 0 bridgehead atoms. The van der Waals surface area contributed by atoms with Gasteiger partial charge in [0.05, 0.1) is 18.8 Å². The molecule has 5 heteroatoms. The van der Waals surface area contributed by atoms with Gasteiger partial charge in [-0.25, -0.2) is 0 Å². The van der Waals surface area contributed by atoms with Gasteiger partial charge in [-0.15, -0.1) is 0 Å². The van der Waals surface area contributed by atoms with Crippen LogP contribution in [-0.2, 0) is 13.2 Å². The molecule has 2 aromatic rings. The van der Waals surface area contributed by atoms with E-state index in [9.17, 15) is 10.2 Å². The Labute approximate surface area is 99.3 Å². The number of rotatable bonds is 4. The number of nitrogens with zero attached hydrogens (tertiary/aromatic N) is 2. The minimum Gasteiger partial charge on any atom is -0.506 e. The highest BCUT2D eigenvalue weighted by Gasteiger charge is 2.10. The number of aromatic hydroxyl groups is 1. The second kappa shape index (κ2) is 4.88. The minimum absolute atomic E-state index is 0.135. The van der Waals surface area contributed by atoms with Crippen LogP contribution in [-0.4, -0.2) is 19.9 Å². The number of aliphatic hydroxyl groups excluding tert-OH is 1. The Morgan fingerprint density at radius 3 is 2.71 bits per heavy atom. The number of hydrogen-bond acceptors (Lipinski definition) is 4. The lowest BCUT2D eigenvalue weighted by molar-refractivity contribution is 0.279. The van der Waals surface area contributed by atoms with Gasteiger partial charge in [0.1, 0.15) is 5.75 Å². The van der Waals surface area contributed by atoms with Gasteiger partial charge in [-0.1, -0.05) is 0 Å². The molecule has 3 N–H and O–H groups in total. The molecule has 0 radical (unpaired) electrons. The van der Waals surface area contributed by atoms with Crippen LogP contribution in [0.3, 0.4) is 0 Å². The fourth-order valence-electron chi connectivity index (χ4n) is 1.63. The third-order valence-electron chi connectivity index (χ3n) is 2.64. The quantitative estimate of drug-likeness (QED) is 0.740. The van der Waals surface area contributed by atoms with E-state index in [-0.39, 0.29) is 12.4 Å². The van der Waals surface area contributed by atoms with E-state index in [2.05, 4.69) is 10.4 Å². The Morgan fingerprint density at radius 1 is 1.35 bits per heavy atom. The van der Waals surface area contributed by atoms with Crippen molar-refractivity contribution in [2.75, 3.05) is 5.43 Å². The van der Waals surface area contributed by atoms with Crippen molar-refractivity contribution >= 4 is 0 Å². The van der Waals surface area contributed by atoms with Crippen molar-refractivity contribution in [2.45, 2.75) is 20.1 Å². The molecule has 0 spiro atoms. The Kier molecular flexibility index (Phi) is 3.30. The van der Waals surface area contributed by atoms with Crippen LogP contribution in [0.4, 0.5) is 0 Å². The average molecular weight is 233 g/mol. The lowest BCUT2D eigenvalue weighted by Gasteiger charge is -2.13. The van der Waals surface area contributed by atoms with Gasteiger partial charge >= 0.3 is 0 Å². The molecule has 0 aliphatic carbocycles. The summed E-state index contributed by atoms with van der Waals surface area (Å²) in [6.45, 7) is 2.03. The number of pyridine rings is 1. The normalized spacial score (nSPS) is 10.5. The van der Waals surface area contributed by atoms with Gasteiger partial charge in [0, 0.05) is 29.7 Å². The molecule has 5 nitrogen and oxygen atoms in total. The van der Waals surface area contributed by atoms with Crippen LogP contribution >= 0.6 is 0 Å². The predicted octanol–water partition coefficient (Wildman–Crippen LogP) is 1.13. The smallest absolute Gasteiger partial charge is 0.142 e. The van der Waals surface area contributed by atoms with E-state index in [0.717, 1.165) is 0 Å². The summed E-state index contributed by atoms with van der Waals surface area (Å²) >= 11 is 0. The molecule has 0 aliphatic rings. The summed E-state index contributed by atoms with van der Waals surface area (Å²) in [4.78, 5) is 4.01. The van der Waals surface area contributed by atoms with Crippen molar-refractivity contribution in [3.05, 3.63) is 47.5 Å². The summed E-state index contributed by atoms with van der Waals surface area (Å²) < 4.78 is 1.79. The Morgan fingerprint density at radius 2 is 2.06 bits per heavy atom. The van der Waals surface area contributed by atoms with E-state index < -0.39 is 0 Å². The Bertz CT molecular complexity index is 495. The molecular formula is C12H15N3O2. The second-order valence-corrected chi connectivity index (χ2v) is 3.78. The first-order chi connectivity index (χ1) is 8.22. The zero-order valence-corrected chi connectivity index (χ0v) is 9.59. The highest BCUT2D eigenvalue weighted by atomic mass is 16.3. The zero-order valence-electron chi connectivity index (χ0n) is 9.59. The number of aryl methyl sites for hydroxylation is 1. The van der Waals surface area contributed by atoms with Gasteiger partial charge in [0.25, 0.3) is 0 Å². The fourth-order valence-corrected chi connectivity index (χ4v) is 1.63. The molecule has 2 rings (SSSR count). The molecule has 0 saturated heterocycles. The van der Waals surface area contributed by atoms with Crippen molar-refractivity contribution in [3.8, 4) is 5.75 Å². The van der Waals surface area contributed by atoms with Crippen LogP contribution in [0, 0.1) is 6.92 Å². The standard InChI is InChI=1S/C12H15N3O2/c1-9-12(17)11(10(8-16)6-13-9)7-14-15-4-2-3-5-15/h2-6,14,16-17H,7-8H2,1H3. The first-order valence-corrected chi connectivity index (χ1v) is 5.36. The number of hydrogen-bond donors (Lipinski definition) is 3. The molecule has 0 unspecified atom stereocenters. The number of nitrogens with one attached hydrogen (secondary N) is 1. The summed E-state index contributed by atoms with van der Waals surface area (Å²) in [6.07, 6.45) is 5.31. The third kappa shape index (κ3) is 2.39.